The number of nitrogen functional groups attached to an aromatic ring is 1. The van der Waals surface area contributed by atoms with Gasteiger partial charge in [-0.3, -0.25) is 14.7 Å². The van der Waals surface area contributed by atoms with Crippen molar-refractivity contribution in [1.29, 1.82) is 0 Å². The number of piperidine rings is 1. The molecule has 2 fully saturated rings. The maximum absolute atomic E-state index is 13.2. The molecule has 1 aliphatic heterocycles. The van der Waals surface area contributed by atoms with Gasteiger partial charge in [-0.25, -0.2) is 4.98 Å². The van der Waals surface area contributed by atoms with E-state index in [0.29, 0.717) is 29.9 Å². The minimum atomic E-state index is -0.642. The van der Waals surface area contributed by atoms with Crippen LogP contribution in [0, 0.1) is 5.92 Å². The molecule has 0 radical (unpaired) electrons. The molecule has 2 aliphatic rings. The van der Waals surface area contributed by atoms with Gasteiger partial charge in [-0.05, 0) is 66.8 Å². The molecule has 3 heterocycles. The molecule has 1 aromatic carbocycles. The van der Waals surface area contributed by atoms with Crippen LogP contribution in [0.2, 0.25) is 0 Å². The summed E-state index contributed by atoms with van der Waals surface area (Å²) in [4.78, 5) is 32.0. The van der Waals surface area contributed by atoms with Gasteiger partial charge in [0.05, 0.1) is 29.6 Å². The summed E-state index contributed by atoms with van der Waals surface area (Å²) in [5.41, 5.74) is 9.39. The Bertz CT molecular complexity index is 1150. The number of H-pyrrole nitrogens is 1. The van der Waals surface area contributed by atoms with Gasteiger partial charge in [0.25, 0.3) is 0 Å². The minimum absolute atomic E-state index is 0.139. The highest BCUT2D eigenvalue weighted by molar-refractivity contribution is 6.39. The van der Waals surface area contributed by atoms with Gasteiger partial charge < -0.3 is 16.0 Å². The van der Waals surface area contributed by atoms with Crippen LogP contribution in [0.1, 0.15) is 55.7 Å². The van der Waals surface area contributed by atoms with Gasteiger partial charge >= 0.3 is 11.8 Å². The molecule has 3 aromatic rings. The number of nitrogens with two attached hydrogens (primary N) is 1. The molecular formula is C23H26N6O2. The summed E-state index contributed by atoms with van der Waals surface area (Å²) in [6, 6.07) is 7.72. The third kappa shape index (κ3) is 3.85. The van der Waals surface area contributed by atoms with Crippen LogP contribution < -0.4 is 11.1 Å². The maximum Gasteiger partial charge on any atom is 0.313 e. The van der Waals surface area contributed by atoms with E-state index in [0.717, 1.165) is 47.7 Å². The van der Waals surface area contributed by atoms with E-state index in [9.17, 15) is 9.59 Å². The van der Waals surface area contributed by atoms with E-state index in [2.05, 4.69) is 27.4 Å². The van der Waals surface area contributed by atoms with E-state index < -0.39 is 11.8 Å². The van der Waals surface area contributed by atoms with Gasteiger partial charge in [-0.15, -0.1) is 0 Å². The summed E-state index contributed by atoms with van der Waals surface area (Å²) < 4.78 is 0. The number of fused-ring (bicyclic) bond motifs is 1. The van der Waals surface area contributed by atoms with Gasteiger partial charge in [0.15, 0.2) is 0 Å². The average molecular weight is 419 g/mol. The van der Waals surface area contributed by atoms with Crippen molar-refractivity contribution < 1.29 is 9.59 Å². The monoisotopic (exact) mass is 418 g/mol. The molecule has 5 rings (SSSR count). The summed E-state index contributed by atoms with van der Waals surface area (Å²) in [5.74, 6) is 0.0763. The average Bonchev–Trinajstić information content (AvgIpc) is 3.50. The number of carbonyl (C=O) groups is 2. The first-order valence-electron chi connectivity index (χ1n) is 10.8. The molecule has 8 nitrogen and oxygen atoms in total. The Morgan fingerprint density at radius 2 is 2.00 bits per heavy atom. The van der Waals surface area contributed by atoms with Crippen LogP contribution in [0.5, 0.6) is 0 Å². The first-order chi connectivity index (χ1) is 15.0. The number of hydrogen-bond acceptors (Lipinski definition) is 5. The first kappa shape index (κ1) is 19.5. The Kier molecular flexibility index (Phi) is 4.84. The van der Waals surface area contributed by atoms with Crippen LogP contribution >= 0.6 is 0 Å². The molecule has 2 amide bonds. The number of rotatable bonds is 3. The lowest BCUT2D eigenvalue weighted by Crippen LogP contribution is -2.46. The Morgan fingerprint density at radius 3 is 2.81 bits per heavy atom. The Labute approximate surface area is 180 Å². The summed E-state index contributed by atoms with van der Waals surface area (Å²) in [5, 5.41) is 10.8. The molecule has 1 aliphatic carbocycles. The number of aromatic nitrogens is 3. The van der Waals surface area contributed by atoms with E-state index in [-0.39, 0.29) is 6.04 Å². The molecule has 1 saturated heterocycles. The van der Waals surface area contributed by atoms with Gasteiger partial charge in [0.1, 0.15) is 5.82 Å². The van der Waals surface area contributed by atoms with E-state index in [1.165, 1.54) is 6.20 Å². The molecule has 4 N–H and O–H groups in total. The van der Waals surface area contributed by atoms with Gasteiger partial charge in [0, 0.05) is 11.9 Å². The molecule has 8 heteroatoms. The second-order valence-corrected chi connectivity index (χ2v) is 8.80. The van der Waals surface area contributed by atoms with E-state index >= 15 is 0 Å². The van der Waals surface area contributed by atoms with Crippen molar-refractivity contribution in [3.8, 4) is 0 Å². The van der Waals surface area contributed by atoms with Crippen LogP contribution in [-0.2, 0) is 9.59 Å². The van der Waals surface area contributed by atoms with Crippen LogP contribution in [0.4, 0.5) is 11.5 Å². The zero-order chi connectivity index (χ0) is 21.5. The van der Waals surface area contributed by atoms with Crippen molar-refractivity contribution in [2.75, 3.05) is 17.6 Å². The highest BCUT2D eigenvalue weighted by atomic mass is 16.2. The lowest BCUT2D eigenvalue weighted by Gasteiger charge is -2.38. The quantitative estimate of drug-likeness (QED) is 0.564. The molecule has 2 aromatic heterocycles. The molecular weight excluding hydrogens is 392 g/mol. The summed E-state index contributed by atoms with van der Waals surface area (Å²) in [6.07, 6.45) is 7.27. The minimum Gasteiger partial charge on any atom is -0.383 e. The lowest BCUT2D eigenvalue weighted by atomic mass is 9.89. The zero-order valence-electron chi connectivity index (χ0n) is 17.5. The van der Waals surface area contributed by atoms with Crippen LogP contribution in [0.3, 0.4) is 0 Å². The molecule has 2 unspecified atom stereocenters. The van der Waals surface area contributed by atoms with Gasteiger partial charge in [-0.2, -0.15) is 5.10 Å². The summed E-state index contributed by atoms with van der Waals surface area (Å²) in [7, 11) is 0. The third-order valence-electron chi connectivity index (χ3n) is 6.35. The van der Waals surface area contributed by atoms with Crippen molar-refractivity contribution in [3.63, 3.8) is 0 Å². The maximum atomic E-state index is 13.2. The van der Waals surface area contributed by atoms with Crippen molar-refractivity contribution in [1.82, 2.24) is 20.1 Å². The lowest BCUT2D eigenvalue weighted by molar-refractivity contribution is -0.146. The van der Waals surface area contributed by atoms with Gasteiger partial charge in [-0.1, -0.05) is 13.0 Å². The standard InChI is InChI=1S/C23H26N6O2/c1-13-2-7-20(15-5-6-19-16(8-15)10-26-28-19)29(12-13)23(31)22(30)27-17-9-18(14-3-4-14)21(24)25-11-17/h5-6,8-11,13-14,20H,2-4,7,12H2,1H3,(H2,24,25)(H,26,28)(H,27,30). The first-order valence-corrected chi connectivity index (χ1v) is 10.8. The number of carbonyl (C=O) groups excluding carboxylic acids is 2. The Morgan fingerprint density at radius 1 is 1.16 bits per heavy atom. The summed E-state index contributed by atoms with van der Waals surface area (Å²) in [6.45, 7) is 2.66. The molecule has 1 saturated carbocycles. The molecule has 0 spiro atoms. The predicted octanol–water partition coefficient (Wildman–Crippen LogP) is 3.36. The zero-order valence-corrected chi connectivity index (χ0v) is 17.5. The fourth-order valence-corrected chi connectivity index (χ4v) is 4.49. The number of amides is 2. The van der Waals surface area contributed by atoms with Crippen molar-refractivity contribution >= 4 is 34.2 Å². The highest BCUT2D eigenvalue weighted by Crippen LogP contribution is 2.43. The van der Waals surface area contributed by atoms with Crippen molar-refractivity contribution in [3.05, 3.63) is 47.8 Å². The number of aromatic amines is 1. The highest BCUT2D eigenvalue weighted by Gasteiger charge is 2.34. The topological polar surface area (TPSA) is 117 Å². The van der Waals surface area contributed by atoms with E-state index in [4.69, 9.17) is 5.73 Å². The second-order valence-electron chi connectivity index (χ2n) is 8.80. The van der Waals surface area contributed by atoms with Crippen molar-refractivity contribution in [2.45, 2.75) is 44.6 Å². The smallest absolute Gasteiger partial charge is 0.313 e. The van der Waals surface area contributed by atoms with E-state index in [1.54, 1.807) is 11.1 Å². The molecule has 31 heavy (non-hydrogen) atoms. The van der Waals surface area contributed by atoms with Crippen LogP contribution in [-0.4, -0.2) is 38.4 Å². The second kappa shape index (κ2) is 7.68. The SMILES string of the molecule is CC1CCC(c2ccc3[nH]ncc3c2)N(C(=O)C(=O)Nc2cnc(N)c(C3CC3)c2)C1. The predicted molar refractivity (Wildman–Crippen MR) is 118 cm³/mol. The van der Waals surface area contributed by atoms with Gasteiger partial charge in [0.2, 0.25) is 0 Å². The molecule has 2 atom stereocenters. The Balaban J connectivity index is 1.37. The summed E-state index contributed by atoms with van der Waals surface area (Å²) >= 11 is 0. The van der Waals surface area contributed by atoms with Crippen LogP contribution in [0.25, 0.3) is 10.9 Å². The normalized spacial score (nSPS) is 21.3. The van der Waals surface area contributed by atoms with E-state index in [1.807, 2.05) is 24.3 Å². The van der Waals surface area contributed by atoms with Crippen molar-refractivity contribution in [2.24, 2.45) is 5.92 Å². The number of hydrogen-bond donors (Lipinski definition) is 3. The number of nitrogens with one attached hydrogen (secondary N) is 2. The van der Waals surface area contributed by atoms with Crippen LogP contribution in [0.15, 0.2) is 36.7 Å². The number of pyridine rings is 1. The molecule has 0 bridgehead atoms. The molecule has 160 valence electrons. The number of nitrogens with zero attached hydrogens (tertiary/aromatic N) is 3. The number of likely N-dealkylation sites (tertiary alicyclic amines) is 1. The Hall–Kier alpha value is -3.42. The number of anilines is 2. The largest absolute Gasteiger partial charge is 0.383 e. The number of benzene rings is 1. The fourth-order valence-electron chi connectivity index (χ4n) is 4.49. The fraction of sp³-hybridized carbons (Fsp3) is 0.391. The third-order valence-corrected chi connectivity index (χ3v) is 6.35.